The molecule has 5 aromatic carbocycles. The number of imidazole rings is 1. The van der Waals surface area contributed by atoms with E-state index in [1.165, 1.54) is 15.3 Å². The van der Waals surface area contributed by atoms with Crippen molar-refractivity contribution in [1.29, 1.82) is 0 Å². The minimum atomic E-state index is -2.36. The molecule has 43 heavy (non-hydrogen) atoms. The first-order chi connectivity index (χ1) is 22.4. The van der Waals surface area contributed by atoms with E-state index >= 15 is 0 Å². The summed E-state index contributed by atoms with van der Waals surface area (Å²) in [5, 5.41) is 4.67. The number of nitrogens with zero attached hydrogens (tertiary/aromatic N) is 5. The molecule has 0 aliphatic carbocycles. The summed E-state index contributed by atoms with van der Waals surface area (Å²) in [4.78, 5) is 4.78. The third-order valence-corrected chi connectivity index (χ3v) is 8.51. The third kappa shape index (κ3) is 3.45. The monoisotopic (exact) mass is 556 g/mol. The Bertz CT molecular complexity index is 2660. The highest BCUT2D eigenvalue weighted by Gasteiger charge is 2.19. The number of aryl methyl sites for hydroxylation is 2. The van der Waals surface area contributed by atoms with Crippen molar-refractivity contribution in [1.82, 2.24) is 18.7 Å². The van der Waals surface area contributed by atoms with Crippen molar-refractivity contribution >= 4 is 54.6 Å². The predicted molar refractivity (Wildman–Crippen MR) is 174 cm³/mol. The van der Waals surface area contributed by atoms with E-state index in [0.29, 0.717) is 5.52 Å². The summed E-state index contributed by atoms with van der Waals surface area (Å²) in [6.45, 7) is -0.266. The molecule has 0 aliphatic rings. The lowest BCUT2D eigenvalue weighted by atomic mass is 10.1. The molecule has 0 amide bonds. The maximum atomic E-state index is 8.11. The van der Waals surface area contributed by atoms with Gasteiger partial charge in [0.2, 0.25) is 6.33 Å². The fourth-order valence-electron chi connectivity index (χ4n) is 6.62. The van der Waals surface area contributed by atoms with Gasteiger partial charge in [-0.05, 0) is 61.0 Å². The molecule has 9 aromatic rings. The van der Waals surface area contributed by atoms with Crippen molar-refractivity contribution in [3.8, 4) is 17.2 Å². The van der Waals surface area contributed by atoms with Crippen LogP contribution in [0.15, 0.2) is 128 Å². The van der Waals surface area contributed by atoms with Crippen LogP contribution >= 0.6 is 0 Å². The predicted octanol–water partition coefficient (Wildman–Crippen LogP) is 8.15. The summed E-state index contributed by atoms with van der Waals surface area (Å²) in [5.74, 6) is 0.882. The quantitative estimate of drug-likeness (QED) is 0.160. The molecule has 204 valence electrons. The Morgan fingerprint density at radius 3 is 2.09 bits per heavy atom. The highest BCUT2D eigenvalue weighted by atomic mass is 15.1. The maximum absolute atomic E-state index is 8.11. The van der Waals surface area contributed by atoms with Gasteiger partial charge in [0.1, 0.15) is 5.82 Å². The lowest BCUT2D eigenvalue weighted by Crippen LogP contribution is -2.29. The molecule has 0 atom stereocenters. The van der Waals surface area contributed by atoms with E-state index in [1.54, 1.807) is 0 Å². The molecule has 0 N–H and O–H groups in total. The van der Waals surface area contributed by atoms with Crippen molar-refractivity contribution in [3.63, 3.8) is 0 Å². The van der Waals surface area contributed by atoms with Gasteiger partial charge in [-0.2, -0.15) is 0 Å². The van der Waals surface area contributed by atoms with Crippen LogP contribution in [0.25, 0.3) is 71.8 Å². The number of fused-ring (bicyclic) bond motifs is 7. The average Bonchev–Trinajstić information content (AvgIpc) is 3.72. The van der Waals surface area contributed by atoms with Crippen LogP contribution in [-0.2, 0) is 6.98 Å². The van der Waals surface area contributed by atoms with Crippen molar-refractivity contribution < 1.29 is 8.68 Å². The van der Waals surface area contributed by atoms with Crippen molar-refractivity contribution in [2.45, 2.75) is 6.92 Å². The maximum Gasteiger partial charge on any atom is 0.244 e. The van der Waals surface area contributed by atoms with Crippen LogP contribution in [0, 0.1) is 13.3 Å². The molecule has 0 saturated carbocycles. The first kappa shape index (κ1) is 21.1. The molecular weight excluding hydrogens is 526 g/mol. The minimum absolute atomic E-state index is 0.602. The number of hydrogen-bond acceptors (Lipinski definition) is 1. The minimum Gasteiger partial charge on any atom is -0.319 e. The van der Waals surface area contributed by atoms with E-state index < -0.39 is 6.98 Å². The van der Waals surface area contributed by atoms with Crippen LogP contribution in [0.1, 0.15) is 9.68 Å². The Morgan fingerprint density at radius 1 is 0.628 bits per heavy atom. The number of pyridine rings is 1. The Balaban J connectivity index is 1.35. The Hall–Kier alpha value is -5.68. The van der Waals surface area contributed by atoms with Gasteiger partial charge in [-0.15, -0.1) is 0 Å². The smallest absolute Gasteiger partial charge is 0.244 e. The lowest BCUT2D eigenvalue weighted by molar-refractivity contribution is -0.572. The molecule has 0 unspecified atom stereocenters. The summed E-state index contributed by atoms with van der Waals surface area (Å²) in [7, 11) is 0. The van der Waals surface area contributed by atoms with Crippen LogP contribution in [-0.4, -0.2) is 18.7 Å². The molecule has 0 aliphatic heterocycles. The summed E-state index contributed by atoms with van der Waals surface area (Å²) < 4.78 is 31.9. The van der Waals surface area contributed by atoms with Crippen LogP contribution in [0.5, 0.6) is 0 Å². The highest BCUT2D eigenvalue weighted by molar-refractivity contribution is 6.19. The normalized spacial score (nSPS) is 13.3. The molecule has 4 heterocycles. The zero-order valence-corrected chi connectivity index (χ0v) is 23.4. The zero-order valence-electron chi connectivity index (χ0n) is 26.4. The van der Waals surface area contributed by atoms with Crippen LogP contribution in [0.2, 0.25) is 0 Å². The summed E-state index contributed by atoms with van der Waals surface area (Å²) in [5.41, 5.74) is 8.66. The molecule has 5 nitrogen and oxygen atoms in total. The number of benzene rings is 5. The first-order valence-corrected chi connectivity index (χ1v) is 14.3. The number of hydrogen-bond donors (Lipinski definition) is 0. The molecule has 0 bridgehead atoms. The van der Waals surface area contributed by atoms with E-state index in [1.807, 2.05) is 53.2 Å². The summed E-state index contributed by atoms with van der Waals surface area (Å²) in [6, 6.07) is 41.4. The van der Waals surface area contributed by atoms with Gasteiger partial charge < -0.3 is 13.7 Å². The number of para-hydroxylation sites is 4. The van der Waals surface area contributed by atoms with Crippen molar-refractivity contribution in [2.24, 2.45) is 6.98 Å². The fourth-order valence-corrected chi connectivity index (χ4v) is 6.62. The molecule has 5 heteroatoms. The molecule has 0 spiro atoms. The van der Waals surface area contributed by atoms with Gasteiger partial charge in [-0.3, -0.25) is 4.57 Å². The van der Waals surface area contributed by atoms with E-state index in [2.05, 4.69) is 101 Å². The van der Waals surface area contributed by atoms with Crippen LogP contribution in [0.4, 0.5) is 0 Å². The Kier molecular flexibility index (Phi) is 4.37. The van der Waals surface area contributed by atoms with Gasteiger partial charge in [0.25, 0.3) is 0 Å². The summed E-state index contributed by atoms with van der Waals surface area (Å²) in [6.07, 6.45) is 4.98. The van der Waals surface area contributed by atoms with Gasteiger partial charge in [-0.25, -0.2) is 4.98 Å². The molecular formula is C38H27N5. The van der Waals surface area contributed by atoms with Gasteiger partial charge in [0.15, 0.2) is 0 Å². The highest BCUT2D eigenvalue weighted by Crippen LogP contribution is 2.39. The zero-order chi connectivity index (χ0) is 31.2. The first-order valence-electron chi connectivity index (χ1n) is 15.8. The lowest BCUT2D eigenvalue weighted by Gasteiger charge is -2.12. The third-order valence-electron chi connectivity index (χ3n) is 8.51. The van der Waals surface area contributed by atoms with Crippen LogP contribution in [0.3, 0.4) is 0 Å². The second kappa shape index (κ2) is 8.91. The summed E-state index contributed by atoms with van der Waals surface area (Å²) >= 11 is 0. The van der Waals surface area contributed by atoms with E-state index in [0.717, 1.165) is 61.1 Å². The van der Waals surface area contributed by atoms with Gasteiger partial charge in [0, 0.05) is 33.4 Å². The van der Waals surface area contributed by atoms with Gasteiger partial charge in [0.05, 0.1) is 49.9 Å². The van der Waals surface area contributed by atoms with Crippen LogP contribution < -0.4 is 4.57 Å². The molecule has 0 fully saturated rings. The molecule has 9 rings (SSSR count). The van der Waals surface area contributed by atoms with Gasteiger partial charge >= 0.3 is 0 Å². The van der Waals surface area contributed by atoms with Crippen molar-refractivity contribution in [3.05, 3.63) is 139 Å². The van der Waals surface area contributed by atoms with E-state index in [4.69, 9.17) is 9.10 Å². The van der Waals surface area contributed by atoms with Crippen molar-refractivity contribution in [2.75, 3.05) is 0 Å². The Morgan fingerprint density at radius 2 is 1.33 bits per heavy atom. The second-order valence-corrected chi connectivity index (χ2v) is 11.1. The average molecular weight is 557 g/mol. The Labute approximate surface area is 252 Å². The van der Waals surface area contributed by atoms with E-state index in [9.17, 15) is 0 Å². The number of aromatic nitrogens is 5. The standard InChI is InChI=1S/C38H27N5/c1-25-18-19-39-38(20-25)43-33-15-6-4-13-29(33)31-22-30-28-12-3-5-14-32(28)42(36(30)23-37(31)43)27-11-9-10-26(21-27)41-24-40(2)34-16-7-8-17-35(34)41/h3-23H,1-2H3/i2D3. The topological polar surface area (TPSA) is 31.6 Å². The number of rotatable bonds is 3. The van der Waals surface area contributed by atoms with E-state index in [-0.39, 0.29) is 0 Å². The molecule has 4 aromatic heterocycles. The molecule has 0 radical (unpaired) electrons. The largest absolute Gasteiger partial charge is 0.319 e. The molecule has 0 saturated heterocycles. The van der Waals surface area contributed by atoms with Gasteiger partial charge in [-0.1, -0.05) is 72.8 Å². The fraction of sp³-hybridized carbons (Fsp3) is 0.0526. The second-order valence-electron chi connectivity index (χ2n) is 11.1. The SMILES string of the molecule is [2H]C([2H])([2H])n1[c-][n+](-c2cccc(-n3c4ccccc4c4cc5c6ccccc6n(-c6cc(C)ccn6)c5cc43)c2)c2ccccc21.